The normalized spacial score (nSPS) is 11.0. The number of rotatable bonds is 6. The lowest BCUT2D eigenvalue weighted by molar-refractivity contribution is -0.121. The minimum Gasteiger partial charge on any atom is -0.462 e. The van der Waals surface area contributed by atoms with E-state index < -0.39 is 5.60 Å². The van der Waals surface area contributed by atoms with Crippen molar-refractivity contribution in [3.05, 3.63) is 29.8 Å². The van der Waals surface area contributed by atoms with Gasteiger partial charge in [-0.15, -0.1) is 0 Å². The number of anilines is 1. The maximum Gasteiger partial charge on any atom is 0.338 e. The van der Waals surface area contributed by atoms with Crippen molar-refractivity contribution < 1.29 is 19.1 Å². The van der Waals surface area contributed by atoms with Crippen molar-refractivity contribution in [2.24, 2.45) is 0 Å². The van der Waals surface area contributed by atoms with Crippen molar-refractivity contribution in [2.45, 2.75) is 32.8 Å². The maximum atomic E-state index is 11.8. The number of carbonyl (C=O) groups is 2. The molecular formula is C15H21NO4. The predicted molar refractivity (Wildman–Crippen MR) is 76.7 cm³/mol. The fraction of sp³-hybridized carbons (Fsp3) is 0.467. The number of methoxy groups -OCH3 is 1. The van der Waals surface area contributed by atoms with Crippen LogP contribution < -0.4 is 5.32 Å². The zero-order chi connectivity index (χ0) is 15.2. The molecule has 0 spiro atoms. The molecule has 0 saturated heterocycles. The van der Waals surface area contributed by atoms with Crippen molar-refractivity contribution in [3.63, 3.8) is 0 Å². The summed E-state index contributed by atoms with van der Waals surface area (Å²) in [6, 6.07) is 6.58. The van der Waals surface area contributed by atoms with Crippen LogP contribution in [0.25, 0.3) is 0 Å². The molecule has 0 aliphatic rings. The molecule has 5 heteroatoms. The van der Waals surface area contributed by atoms with Gasteiger partial charge in [0.15, 0.2) is 0 Å². The summed E-state index contributed by atoms with van der Waals surface area (Å²) < 4.78 is 10.1. The van der Waals surface area contributed by atoms with Gasteiger partial charge in [0, 0.05) is 12.8 Å². The molecule has 1 amide bonds. The third-order valence-electron chi connectivity index (χ3n) is 2.82. The van der Waals surface area contributed by atoms with Gasteiger partial charge in [-0.25, -0.2) is 4.79 Å². The van der Waals surface area contributed by atoms with Crippen LogP contribution in [0.3, 0.4) is 0 Å². The highest BCUT2D eigenvalue weighted by molar-refractivity contribution is 5.93. The van der Waals surface area contributed by atoms with Crippen LogP contribution in [-0.4, -0.2) is 31.2 Å². The fourth-order valence-electron chi connectivity index (χ4n) is 1.57. The van der Waals surface area contributed by atoms with Crippen molar-refractivity contribution >= 4 is 17.6 Å². The number of amides is 1. The Morgan fingerprint density at radius 2 is 1.80 bits per heavy atom. The third-order valence-corrected chi connectivity index (χ3v) is 2.82. The zero-order valence-electron chi connectivity index (χ0n) is 12.4. The lowest BCUT2D eigenvalue weighted by Gasteiger charge is -2.21. The van der Waals surface area contributed by atoms with E-state index in [0.717, 1.165) is 0 Å². The lowest BCUT2D eigenvalue weighted by Crippen LogP contribution is -2.29. The molecule has 0 aromatic heterocycles. The molecule has 0 radical (unpaired) electrons. The summed E-state index contributed by atoms with van der Waals surface area (Å²) in [5.74, 6) is -0.508. The molecule has 0 aliphatic carbocycles. The number of nitrogens with one attached hydrogen (secondary N) is 1. The Bertz CT molecular complexity index is 465. The summed E-state index contributed by atoms with van der Waals surface area (Å²) in [7, 11) is 1.57. The van der Waals surface area contributed by atoms with Gasteiger partial charge < -0.3 is 14.8 Å². The van der Waals surface area contributed by atoms with Gasteiger partial charge in [-0.05, 0) is 45.0 Å². The molecule has 0 atom stereocenters. The quantitative estimate of drug-likeness (QED) is 0.813. The zero-order valence-corrected chi connectivity index (χ0v) is 12.4. The Kier molecular flexibility index (Phi) is 5.70. The van der Waals surface area contributed by atoms with Crippen molar-refractivity contribution in [3.8, 4) is 0 Å². The summed E-state index contributed by atoms with van der Waals surface area (Å²) in [6.45, 7) is 5.78. The van der Waals surface area contributed by atoms with Crippen LogP contribution >= 0.6 is 0 Å². The first-order valence-electron chi connectivity index (χ1n) is 6.50. The van der Waals surface area contributed by atoms with Crippen molar-refractivity contribution in [2.75, 3.05) is 19.0 Å². The van der Waals surface area contributed by atoms with Gasteiger partial charge in [0.1, 0.15) is 0 Å². The van der Waals surface area contributed by atoms with E-state index in [1.807, 2.05) is 13.8 Å². The van der Waals surface area contributed by atoms with Gasteiger partial charge in [-0.3, -0.25) is 4.79 Å². The summed E-state index contributed by atoms with van der Waals surface area (Å²) in [5.41, 5.74) is 0.589. The number of benzene rings is 1. The monoisotopic (exact) mass is 279 g/mol. The lowest BCUT2D eigenvalue weighted by atomic mass is 10.0. The minimum absolute atomic E-state index is 0.138. The van der Waals surface area contributed by atoms with Crippen LogP contribution in [0.15, 0.2) is 24.3 Å². The van der Waals surface area contributed by atoms with Gasteiger partial charge in [0.25, 0.3) is 0 Å². The topological polar surface area (TPSA) is 64.6 Å². The molecule has 1 rings (SSSR count). The predicted octanol–water partition coefficient (Wildman–Crippen LogP) is 2.62. The molecular weight excluding hydrogens is 258 g/mol. The molecule has 1 N–H and O–H groups in total. The van der Waals surface area contributed by atoms with Crippen molar-refractivity contribution in [1.82, 2.24) is 0 Å². The van der Waals surface area contributed by atoms with Crippen LogP contribution in [0.1, 0.15) is 37.6 Å². The average molecular weight is 279 g/mol. The summed E-state index contributed by atoms with van der Waals surface area (Å²) >= 11 is 0. The molecule has 0 aliphatic heterocycles. The molecule has 20 heavy (non-hydrogen) atoms. The number of carbonyl (C=O) groups excluding carboxylic acids is 2. The van der Waals surface area contributed by atoms with Gasteiger partial charge >= 0.3 is 5.97 Å². The first-order valence-corrected chi connectivity index (χ1v) is 6.50. The first-order chi connectivity index (χ1) is 9.38. The number of hydrogen-bond acceptors (Lipinski definition) is 4. The van der Waals surface area contributed by atoms with Crippen LogP contribution in [-0.2, 0) is 14.3 Å². The second kappa shape index (κ2) is 7.05. The Hall–Kier alpha value is -1.88. The standard InChI is InChI=1S/C15H21NO4/c1-5-20-14(18)11-6-8-12(9-7-11)16-13(17)10-15(2,3)19-4/h6-9H,5,10H2,1-4H3,(H,16,17). The van der Waals surface area contributed by atoms with Crippen LogP contribution in [0.4, 0.5) is 5.69 Å². The second-order valence-corrected chi connectivity index (χ2v) is 4.99. The van der Waals surface area contributed by atoms with Crippen molar-refractivity contribution in [1.29, 1.82) is 0 Å². The molecule has 0 saturated carbocycles. The molecule has 0 bridgehead atoms. The van der Waals surface area contributed by atoms with E-state index in [2.05, 4.69) is 5.32 Å². The maximum absolute atomic E-state index is 11.8. The largest absolute Gasteiger partial charge is 0.462 e. The summed E-state index contributed by atoms with van der Waals surface area (Å²) in [5, 5.41) is 2.76. The van der Waals surface area contributed by atoms with E-state index >= 15 is 0 Å². The smallest absolute Gasteiger partial charge is 0.338 e. The van der Waals surface area contributed by atoms with Gasteiger partial charge in [0.05, 0.1) is 24.2 Å². The first kappa shape index (κ1) is 16.2. The second-order valence-electron chi connectivity index (χ2n) is 4.99. The molecule has 0 fully saturated rings. The van der Waals surface area contributed by atoms with E-state index in [1.165, 1.54) is 0 Å². The third kappa shape index (κ3) is 5.01. The highest BCUT2D eigenvalue weighted by Gasteiger charge is 2.21. The Morgan fingerprint density at radius 3 is 2.30 bits per heavy atom. The number of esters is 1. The molecule has 0 heterocycles. The van der Waals surface area contributed by atoms with E-state index in [1.54, 1.807) is 38.3 Å². The Morgan fingerprint density at radius 1 is 1.20 bits per heavy atom. The van der Waals surface area contributed by atoms with Gasteiger partial charge in [-0.2, -0.15) is 0 Å². The Balaban J connectivity index is 2.62. The van der Waals surface area contributed by atoms with Crippen LogP contribution in [0, 0.1) is 0 Å². The number of ether oxygens (including phenoxy) is 2. The summed E-state index contributed by atoms with van der Waals surface area (Å²) in [6.07, 6.45) is 0.253. The average Bonchev–Trinajstić information content (AvgIpc) is 2.39. The fourth-order valence-corrected chi connectivity index (χ4v) is 1.57. The Labute approximate surface area is 119 Å². The minimum atomic E-state index is -0.505. The van der Waals surface area contributed by atoms with Crippen LogP contribution in [0.5, 0.6) is 0 Å². The van der Waals surface area contributed by atoms with E-state index in [4.69, 9.17) is 9.47 Å². The molecule has 0 unspecified atom stereocenters. The SMILES string of the molecule is CCOC(=O)c1ccc(NC(=O)CC(C)(C)OC)cc1. The highest BCUT2D eigenvalue weighted by Crippen LogP contribution is 2.16. The molecule has 5 nitrogen and oxygen atoms in total. The van der Waals surface area contributed by atoms with Crippen LogP contribution in [0.2, 0.25) is 0 Å². The van der Waals surface area contributed by atoms with Gasteiger partial charge in [-0.1, -0.05) is 0 Å². The van der Waals surface area contributed by atoms with E-state index in [0.29, 0.717) is 17.9 Å². The molecule has 1 aromatic carbocycles. The van der Waals surface area contributed by atoms with E-state index in [9.17, 15) is 9.59 Å². The van der Waals surface area contributed by atoms with E-state index in [-0.39, 0.29) is 18.3 Å². The number of hydrogen-bond donors (Lipinski definition) is 1. The summed E-state index contributed by atoms with van der Waals surface area (Å²) in [4.78, 5) is 23.3. The molecule has 110 valence electrons. The highest BCUT2D eigenvalue weighted by atomic mass is 16.5. The van der Waals surface area contributed by atoms with Gasteiger partial charge in [0.2, 0.25) is 5.91 Å². The molecule has 1 aromatic rings.